The molecule has 0 spiro atoms. The van der Waals surface area contributed by atoms with Gasteiger partial charge in [0, 0.05) is 13.6 Å². The van der Waals surface area contributed by atoms with Gasteiger partial charge in [-0.2, -0.15) is 5.10 Å². The first-order valence-corrected chi connectivity index (χ1v) is 7.01. The van der Waals surface area contributed by atoms with Crippen LogP contribution in [0.4, 0.5) is 14.5 Å². The number of carbonyl (C=O) groups excluding carboxylic acids is 2. The summed E-state index contributed by atoms with van der Waals surface area (Å²) >= 11 is 0. The van der Waals surface area contributed by atoms with Gasteiger partial charge < -0.3 is 10.6 Å². The molecule has 2 rings (SSSR count). The second-order valence-corrected chi connectivity index (χ2v) is 4.84. The highest BCUT2D eigenvalue weighted by molar-refractivity contribution is 6.08. The largest absolute Gasteiger partial charge is 0.351 e. The van der Waals surface area contributed by atoms with Crippen LogP contribution in [-0.4, -0.2) is 28.1 Å². The zero-order valence-corrected chi connectivity index (χ0v) is 12.7. The first-order valence-electron chi connectivity index (χ1n) is 7.01. The Morgan fingerprint density at radius 1 is 1.22 bits per heavy atom. The van der Waals surface area contributed by atoms with Gasteiger partial charge in [0.2, 0.25) is 0 Å². The van der Waals surface area contributed by atoms with Crippen LogP contribution >= 0.6 is 0 Å². The number of amides is 2. The summed E-state index contributed by atoms with van der Waals surface area (Å²) in [5.74, 6) is -3.39. The number of carbonyl (C=O) groups is 2. The standard InChI is InChI=1S/C15H16F2N4O2/c1-3-7-18-15(23)13-11(8-19-21(13)2)20-14(22)12-9(16)5-4-6-10(12)17/h4-6,8H,3,7H2,1-2H3,(H,18,23)(H,20,22). The third-order valence-corrected chi connectivity index (χ3v) is 3.13. The fraction of sp³-hybridized carbons (Fsp3) is 0.267. The van der Waals surface area contributed by atoms with Crippen molar-refractivity contribution < 1.29 is 18.4 Å². The Kier molecular flexibility index (Phi) is 5.05. The van der Waals surface area contributed by atoms with Gasteiger partial charge in [-0.15, -0.1) is 0 Å². The first-order chi connectivity index (χ1) is 11.0. The molecule has 2 N–H and O–H groups in total. The molecule has 0 saturated heterocycles. The van der Waals surface area contributed by atoms with Crippen molar-refractivity contribution in [2.24, 2.45) is 7.05 Å². The molecule has 1 aromatic carbocycles. The van der Waals surface area contributed by atoms with Crippen molar-refractivity contribution in [3.63, 3.8) is 0 Å². The molecule has 1 aromatic heterocycles. The molecule has 0 fully saturated rings. The smallest absolute Gasteiger partial charge is 0.271 e. The zero-order chi connectivity index (χ0) is 17.0. The van der Waals surface area contributed by atoms with Crippen molar-refractivity contribution >= 4 is 17.5 Å². The molecule has 1 heterocycles. The molecular formula is C15H16F2N4O2. The Morgan fingerprint density at radius 3 is 2.48 bits per heavy atom. The molecule has 23 heavy (non-hydrogen) atoms. The van der Waals surface area contributed by atoms with E-state index in [2.05, 4.69) is 15.7 Å². The van der Waals surface area contributed by atoms with E-state index in [9.17, 15) is 18.4 Å². The van der Waals surface area contributed by atoms with Gasteiger partial charge in [0.1, 0.15) is 22.9 Å². The van der Waals surface area contributed by atoms with Crippen molar-refractivity contribution in [1.82, 2.24) is 15.1 Å². The number of halogens is 2. The molecule has 8 heteroatoms. The summed E-state index contributed by atoms with van der Waals surface area (Å²) in [5.41, 5.74) is -0.534. The number of benzene rings is 1. The summed E-state index contributed by atoms with van der Waals surface area (Å²) in [5, 5.41) is 8.87. The second kappa shape index (κ2) is 6.99. The fourth-order valence-corrected chi connectivity index (χ4v) is 2.02. The number of aromatic nitrogens is 2. The van der Waals surface area contributed by atoms with Crippen LogP contribution in [0.2, 0.25) is 0 Å². The monoisotopic (exact) mass is 322 g/mol. The minimum absolute atomic E-state index is 0.0776. The van der Waals surface area contributed by atoms with E-state index < -0.39 is 29.0 Å². The maximum absolute atomic E-state index is 13.6. The molecule has 0 bridgehead atoms. The molecule has 2 aromatic rings. The van der Waals surface area contributed by atoms with Crippen molar-refractivity contribution in [1.29, 1.82) is 0 Å². The Balaban J connectivity index is 2.27. The number of rotatable bonds is 5. The van der Waals surface area contributed by atoms with Crippen LogP contribution in [0.25, 0.3) is 0 Å². The van der Waals surface area contributed by atoms with Crippen molar-refractivity contribution in [2.75, 3.05) is 11.9 Å². The molecular weight excluding hydrogens is 306 g/mol. The lowest BCUT2D eigenvalue weighted by molar-refractivity contribution is 0.0945. The lowest BCUT2D eigenvalue weighted by atomic mass is 10.2. The third kappa shape index (κ3) is 3.53. The quantitative estimate of drug-likeness (QED) is 0.885. The number of nitrogens with zero attached hydrogens (tertiary/aromatic N) is 2. The van der Waals surface area contributed by atoms with Crippen molar-refractivity contribution in [3.8, 4) is 0 Å². The highest BCUT2D eigenvalue weighted by Gasteiger charge is 2.22. The average Bonchev–Trinajstić information content (AvgIpc) is 2.85. The Labute approximate surface area is 131 Å². The Bertz CT molecular complexity index is 723. The van der Waals surface area contributed by atoms with E-state index in [4.69, 9.17) is 0 Å². The van der Waals surface area contributed by atoms with E-state index in [1.165, 1.54) is 17.9 Å². The SMILES string of the molecule is CCCNC(=O)c1c(NC(=O)c2c(F)cccc2F)cnn1C. The molecule has 0 radical (unpaired) electrons. The summed E-state index contributed by atoms with van der Waals surface area (Å²) < 4.78 is 28.5. The zero-order valence-electron chi connectivity index (χ0n) is 12.7. The lowest BCUT2D eigenvalue weighted by Gasteiger charge is -2.09. The van der Waals surface area contributed by atoms with Crippen LogP contribution in [-0.2, 0) is 7.05 Å². The number of nitrogens with one attached hydrogen (secondary N) is 2. The van der Waals surface area contributed by atoms with Crippen LogP contribution in [0.1, 0.15) is 34.2 Å². The maximum atomic E-state index is 13.6. The molecule has 6 nitrogen and oxygen atoms in total. The number of aryl methyl sites for hydroxylation is 1. The van der Waals surface area contributed by atoms with E-state index in [1.807, 2.05) is 6.92 Å². The number of anilines is 1. The second-order valence-electron chi connectivity index (χ2n) is 4.84. The average molecular weight is 322 g/mol. The lowest BCUT2D eigenvalue weighted by Crippen LogP contribution is -2.28. The summed E-state index contributed by atoms with van der Waals surface area (Å²) in [7, 11) is 1.53. The van der Waals surface area contributed by atoms with E-state index in [0.29, 0.717) is 6.54 Å². The highest BCUT2D eigenvalue weighted by atomic mass is 19.1. The fourth-order valence-electron chi connectivity index (χ4n) is 2.02. The molecule has 0 atom stereocenters. The van der Waals surface area contributed by atoms with Gasteiger partial charge >= 0.3 is 0 Å². The predicted octanol–water partition coefficient (Wildman–Crippen LogP) is 2.09. The van der Waals surface area contributed by atoms with Gasteiger partial charge in [-0.1, -0.05) is 13.0 Å². The van der Waals surface area contributed by atoms with E-state index in [-0.39, 0.29) is 11.4 Å². The van der Waals surface area contributed by atoms with Gasteiger partial charge in [0.15, 0.2) is 0 Å². The minimum Gasteiger partial charge on any atom is -0.351 e. The minimum atomic E-state index is -0.988. The van der Waals surface area contributed by atoms with Gasteiger partial charge in [-0.3, -0.25) is 14.3 Å². The summed E-state index contributed by atoms with van der Waals surface area (Å²) in [4.78, 5) is 24.2. The van der Waals surface area contributed by atoms with Gasteiger partial charge in [0.25, 0.3) is 11.8 Å². The Hall–Kier alpha value is -2.77. The Morgan fingerprint density at radius 2 is 1.87 bits per heavy atom. The van der Waals surface area contributed by atoms with Gasteiger partial charge in [-0.25, -0.2) is 8.78 Å². The van der Waals surface area contributed by atoms with Crippen LogP contribution < -0.4 is 10.6 Å². The number of hydrogen-bond acceptors (Lipinski definition) is 3. The molecule has 122 valence electrons. The topological polar surface area (TPSA) is 76.0 Å². The van der Waals surface area contributed by atoms with E-state index in [1.54, 1.807) is 0 Å². The van der Waals surface area contributed by atoms with Gasteiger partial charge in [-0.05, 0) is 18.6 Å². The maximum Gasteiger partial charge on any atom is 0.271 e. The van der Waals surface area contributed by atoms with E-state index >= 15 is 0 Å². The molecule has 2 amide bonds. The molecule has 0 aliphatic carbocycles. The highest BCUT2D eigenvalue weighted by Crippen LogP contribution is 2.18. The van der Waals surface area contributed by atoms with Crippen LogP contribution in [0.15, 0.2) is 24.4 Å². The summed E-state index contributed by atoms with van der Waals surface area (Å²) in [6.45, 7) is 2.35. The molecule has 0 aliphatic rings. The first kappa shape index (κ1) is 16.6. The van der Waals surface area contributed by atoms with Crippen LogP contribution in [0.5, 0.6) is 0 Å². The van der Waals surface area contributed by atoms with Gasteiger partial charge in [0.05, 0.1) is 11.9 Å². The predicted molar refractivity (Wildman–Crippen MR) is 80.1 cm³/mol. The summed E-state index contributed by atoms with van der Waals surface area (Å²) in [6, 6.07) is 3.13. The van der Waals surface area contributed by atoms with Crippen molar-refractivity contribution in [2.45, 2.75) is 13.3 Å². The normalized spacial score (nSPS) is 10.4. The molecule has 0 unspecified atom stereocenters. The number of hydrogen-bond donors (Lipinski definition) is 2. The van der Waals surface area contributed by atoms with Crippen LogP contribution in [0.3, 0.4) is 0 Å². The third-order valence-electron chi connectivity index (χ3n) is 3.13. The molecule has 0 aliphatic heterocycles. The molecule has 0 saturated carbocycles. The summed E-state index contributed by atoms with van der Waals surface area (Å²) in [6.07, 6.45) is 1.99. The van der Waals surface area contributed by atoms with Crippen LogP contribution in [0, 0.1) is 11.6 Å². The van der Waals surface area contributed by atoms with E-state index in [0.717, 1.165) is 24.6 Å². The van der Waals surface area contributed by atoms with Crippen molar-refractivity contribution in [3.05, 3.63) is 47.3 Å².